The number of hydrogen-bond donors (Lipinski definition) is 0. The van der Waals surface area contributed by atoms with E-state index in [-0.39, 0.29) is 69.2 Å². The molecule has 2 aliphatic heterocycles. The Morgan fingerprint density at radius 1 is 0.500 bits per heavy atom. The highest BCUT2D eigenvalue weighted by molar-refractivity contribution is 6.00. The van der Waals surface area contributed by atoms with E-state index in [2.05, 4.69) is 27.7 Å². The third-order valence-corrected chi connectivity index (χ3v) is 16.1. The molecule has 34 heavy (non-hydrogen) atoms. The number of cyclic esters (lactones) is 4. The molecule has 0 aromatic rings. The Bertz CT molecular complexity index is 1150. The second-order valence-corrected chi connectivity index (χ2v) is 14.9. The van der Waals surface area contributed by atoms with E-state index in [1.165, 1.54) is 12.8 Å². The van der Waals surface area contributed by atoms with Gasteiger partial charge in [-0.05, 0) is 93.7 Å². The summed E-state index contributed by atoms with van der Waals surface area (Å²) in [4.78, 5) is 50.2. The first kappa shape index (κ1) is 18.5. The summed E-state index contributed by atoms with van der Waals surface area (Å²) in [7, 11) is 0. The lowest BCUT2D eigenvalue weighted by Crippen LogP contribution is -2.83. The van der Waals surface area contributed by atoms with Crippen molar-refractivity contribution in [2.45, 2.75) is 40.5 Å². The van der Waals surface area contributed by atoms with Gasteiger partial charge in [-0.25, -0.2) is 0 Å². The normalized spacial score (nSPS) is 74.2. The number of hydrogen-bond acceptors (Lipinski definition) is 6. The molecule has 0 aromatic carbocycles. The first-order chi connectivity index (χ1) is 16.1. The molecule has 10 aliphatic rings. The summed E-state index contributed by atoms with van der Waals surface area (Å²) < 4.78 is 10.3. The van der Waals surface area contributed by atoms with Crippen LogP contribution in [0.2, 0.25) is 0 Å². The fourth-order valence-corrected chi connectivity index (χ4v) is 15.3. The van der Waals surface area contributed by atoms with E-state index in [4.69, 9.17) is 9.47 Å². The van der Waals surface area contributed by atoms with Crippen molar-refractivity contribution in [3.05, 3.63) is 0 Å². The van der Waals surface area contributed by atoms with Crippen molar-refractivity contribution < 1.29 is 28.7 Å². The van der Waals surface area contributed by atoms with Gasteiger partial charge in [0.25, 0.3) is 0 Å². The minimum Gasteiger partial charge on any atom is -0.393 e. The molecular formula is C28H30O6. The van der Waals surface area contributed by atoms with Gasteiger partial charge in [0.05, 0.1) is 23.7 Å². The van der Waals surface area contributed by atoms with Crippen LogP contribution in [-0.4, -0.2) is 23.9 Å². The number of fused-ring (bicyclic) bond motifs is 27. The van der Waals surface area contributed by atoms with E-state index in [0.717, 1.165) is 0 Å². The molecule has 4 bridgehead atoms. The van der Waals surface area contributed by atoms with Crippen molar-refractivity contribution >= 4 is 23.9 Å². The van der Waals surface area contributed by atoms with Crippen LogP contribution in [0.3, 0.4) is 0 Å². The molecule has 8 aliphatic carbocycles. The minimum absolute atomic E-state index is 0.101. The molecule has 18 unspecified atom stereocenters. The van der Waals surface area contributed by atoms with Crippen LogP contribution < -0.4 is 0 Å². The van der Waals surface area contributed by atoms with Gasteiger partial charge in [-0.3, -0.25) is 19.2 Å². The molecule has 10 fully saturated rings. The number of carbonyl (C=O) groups excluding carboxylic acids is 4. The second kappa shape index (κ2) is 4.45. The molecule has 0 amide bonds. The van der Waals surface area contributed by atoms with E-state index >= 15 is 0 Å². The first-order valence-electron chi connectivity index (χ1n) is 13.6. The maximum atomic E-state index is 12.6. The van der Waals surface area contributed by atoms with Gasteiger partial charge in [0, 0.05) is 0 Å². The van der Waals surface area contributed by atoms with Gasteiger partial charge in [-0.1, -0.05) is 27.7 Å². The number of esters is 4. The van der Waals surface area contributed by atoms with Crippen molar-refractivity contribution in [1.82, 2.24) is 0 Å². The molecule has 10 rings (SSSR count). The minimum atomic E-state index is -0.267. The Kier molecular flexibility index (Phi) is 2.43. The van der Waals surface area contributed by atoms with Gasteiger partial charge in [-0.2, -0.15) is 0 Å². The highest BCUT2D eigenvalue weighted by Gasteiger charge is 2.97. The predicted octanol–water partition coefficient (Wildman–Crippen LogP) is 2.69. The van der Waals surface area contributed by atoms with Gasteiger partial charge >= 0.3 is 23.9 Å². The highest BCUT2D eigenvalue weighted by atomic mass is 16.6. The van der Waals surface area contributed by atoms with Crippen LogP contribution >= 0.6 is 0 Å². The second-order valence-electron chi connectivity index (χ2n) is 14.9. The van der Waals surface area contributed by atoms with Gasteiger partial charge in [0.1, 0.15) is 0 Å². The van der Waals surface area contributed by atoms with Crippen LogP contribution in [0.15, 0.2) is 0 Å². The maximum Gasteiger partial charge on any atom is 0.317 e. The van der Waals surface area contributed by atoms with Crippen LogP contribution in [0.5, 0.6) is 0 Å². The SMILES string of the molecule is CC12C3CC(C4C3C3(C)C5CC(C6C7C(=O)OC(=O)C7C65)C43C)C1(C)C1C3C(=O)OC(=O)C3C12. The first-order valence-corrected chi connectivity index (χ1v) is 13.6. The van der Waals surface area contributed by atoms with E-state index in [9.17, 15) is 19.2 Å². The molecule has 2 saturated heterocycles. The van der Waals surface area contributed by atoms with Crippen molar-refractivity contribution in [1.29, 1.82) is 0 Å². The Balaban J connectivity index is 1.10. The zero-order valence-corrected chi connectivity index (χ0v) is 19.9. The summed E-state index contributed by atoms with van der Waals surface area (Å²) in [5.74, 6) is 2.87. The molecule has 6 nitrogen and oxygen atoms in total. The Hall–Kier alpha value is -1.72. The molecule has 0 radical (unpaired) electrons. The Labute approximate surface area is 197 Å². The van der Waals surface area contributed by atoms with Crippen LogP contribution in [-0.2, 0) is 28.7 Å². The Morgan fingerprint density at radius 3 is 1.24 bits per heavy atom. The van der Waals surface area contributed by atoms with Gasteiger partial charge < -0.3 is 9.47 Å². The van der Waals surface area contributed by atoms with Crippen LogP contribution in [0.1, 0.15) is 40.5 Å². The molecule has 0 spiro atoms. The summed E-state index contributed by atoms with van der Waals surface area (Å²) in [6, 6.07) is 0. The molecule has 8 saturated carbocycles. The number of ether oxygens (including phenoxy) is 2. The molecule has 18 atom stereocenters. The van der Waals surface area contributed by atoms with Gasteiger partial charge in [0.2, 0.25) is 0 Å². The Morgan fingerprint density at radius 2 is 0.824 bits per heavy atom. The largest absolute Gasteiger partial charge is 0.393 e. The van der Waals surface area contributed by atoms with Crippen LogP contribution in [0.25, 0.3) is 0 Å². The molecule has 0 N–H and O–H groups in total. The van der Waals surface area contributed by atoms with Crippen molar-refractivity contribution in [2.24, 2.45) is 105 Å². The van der Waals surface area contributed by atoms with E-state index in [1.54, 1.807) is 0 Å². The van der Waals surface area contributed by atoms with Gasteiger partial charge in [-0.15, -0.1) is 0 Å². The van der Waals surface area contributed by atoms with E-state index in [1.807, 2.05) is 0 Å². The van der Waals surface area contributed by atoms with Crippen LogP contribution in [0, 0.1) is 105 Å². The third-order valence-electron chi connectivity index (χ3n) is 16.1. The van der Waals surface area contributed by atoms with Crippen molar-refractivity contribution in [3.8, 4) is 0 Å². The fourth-order valence-electron chi connectivity index (χ4n) is 15.3. The monoisotopic (exact) mass is 462 g/mol. The summed E-state index contributed by atoms with van der Waals surface area (Å²) in [6.07, 6.45) is 2.39. The standard InChI is InChI=1S/C28H30O6/c1-25-7-5-8(12-11(7)13-14(12)22(30)33-21(13)29)26(25,2)18-10-6-9(17(18)25)27(3)19-15-16(20(19)28(10,27)4)24(32)34-23(15)31/h7-20H,5-6H2,1-4H3. The lowest BCUT2D eigenvalue weighted by Gasteiger charge is -2.85. The quantitative estimate of drug-likeness (QED) is 0.313. The average Bonchev–Trinajstić information content (AvgIpc) is 3.45. The topological polar surface area (TPSA) is 86.7 Å². The highest BCUT2D eigenvalue weighted by Crippen LogP contribution is 2.99. The average molecular weight is 463 g/mol. The molecule has 0 aromatic heterocycles. The lowest BCUT2D eigenvalue weighted by molar-refractivity contribution is -0.389. The van der Waals surface area contributed by atoms with Crippen LogP contribution in [0.4, 0.5) is 0 Å². The van der Waals surface area contributed by atoms with Gasteiger partial charge in [0.15, 0.2) is 0 Å². The van der Waals surface area contributed by atoms with E-state index in [0.29, 0.717) is 59.2 Å². The summed E-state index contributed by atoms with van der Waals surface area (Å²) in [5, 5.41) is 0. The zero-order valence-electron chi connectivity index (χ0n) is 19.9. The summed E-state index contributed by atoms with van der Waals surface area (Å²) >= 11 is 0. The van der Waals surface area contributed by atoms with Crippen molar-refractivity contribution in [2.75, 3.05) is 0 Å². The zero-order chi connectivity index (χ0) is 23.2. The third kappa shape index (κ3) is 1.18. The smallest absolute Gasteiger partial charge is 0.317 e. The fraction of sp³-hybridized carbons (Fsp3) is 0.857. The molecule has 6 heteroatoms. The number of rotatable bonds is 0. The summed E-state index contributed by atoms with van der Waals surface area (Å²) in [5.41, 5.74) is 0.601. The molecular weight excluding hydrogens is 432 g/mol. The number of carbonyl (C=O) groups is 4. The summed E-state index contributed by atoms with van der Waals surface area (Å²) in [6.45, 7) is 9.95. The molecule has 178 valence electrons. The maximum absolute atomic E-state index is 12.6. The predicted molar refractivity (Wildman–Crippen MR) is 113 cm³/mol. The van der Waals surface area contributed by atoms with Crippen molar-refractivity contribution in [3.63, 3.8) is 0 Å². The lowest BCUT2D eigenvalue weighted by atomic mass is 9.18. The van der Waals surface area contributed by atoms with E-state index < -0.39 is 0 Å². The molecule has 2 heterocycles.